The van der Waals surface area contributed by atoms with E-state index in [1.165, 1.54) is 36.2 Å². The van der Waals surface area contributed by atoms with E-state index in [1.54, 1.807) is 18.3 Å². The number of hydrogen-bond acceptors (Lipinski definition) is 5. The molecule has 0 bridgehead atoms. The smallest absolute Gasteiger partial charge is 0.337 e. The van der Waals surface area contributed by atoms with Crippen molar-refractivity contribution >= 4 is 5.97 Å². The minimum atomic E-state index is -1.08. The molecule has 0 aliphatic rings. The molecule has 0 aliphatic heterocycles. The quantitative estimate of drug-likeness (QED) is 0.752. The Kier molecular flexibility index (Phi) is 3.63. The second-order valence-electron chi connectivity index (χ2n) is 4.61. The fraction of sp³-hybridized carbons (Fsp3) is 0.0667. The minimum Gasteiger partial charge on any atom is -0.481 e. The van der Waals surface area contributed by atoms with Gasteiger partial charge in [-0.15, -0.1) is 0 Å². The average molecular weight is 312 g/mol. The monoisotopic (exact) mass is 312 g/mol. The molecule has 3 aromatic rings. The molecule has 8 nitrogen and oxygen atoms in total. The van der Waals surface area contributed by atoms with E-state index >= 15 is 0 Å². The van der Waals surface area contributed by atoms with Crippen molar-refractivity contribution < 1.29 is 14.6 Å². The number of rotatable bonds is 4. The molecule has 0 spiro atoms. The van der Waals surface area contributed by atoms with E-state index in [-0.39, 0.29) is 16.9 Å². The van der Waals surface area contributed by atoms with Crippen LogP contribution in [0.1, 0.15) is 10.4 Å². The van der Waals surface area contributed by atoms with E-state index in [0.29, 0.717) is 17.1 Å². The van der Waals surface area contributed by atoms with Crippen LogP contribution < -0.4 is 10.3 Å². The molecule has 0 unspecified atom stereocenters. The van der Waals surface area contributed by atoms with Crippen molar-refractivity contribution in [3.8, 4) is 23.0 Å². The Morgan fingerprint density at radius 2 is 2.13 bits per heavy atom. The van der Waals surface area contributed by atoms with Gasteiger partial charge in [0.25, 0.3) is 5.56 Å². The molecular weight excluding hydrogens is 300 g/mol. The highest BCUT2D eigenvalue weighted by Gasteiger charge is 2.13. The third-order valence-corrected chi connectivity index (χ3v) is 3.20. The molecule has 0 fully saturated rings. The van der Waals surface area contributed by atoms with Gasteiger partial charge in [0, 0.05) is 18.5 Å². The summed E-state index contributed by atoms with van der Waals surface area (Å²) in [6.07, 6.45) is 2.78. The molecule has 0 aromatic carbocycles. The van der Waals surface area contributed by atoms with Gasteiger partial charge < -0.3 is 9.84 Å². The van der Waals surface area contributed by atoms with E-state index < -0.39 is 5.97 Å². The molecule has 0 amide bonds. The molecule has 0 saturated heterocycles. The lowest BCUT2D eigenvalue weighted by Gasteiger charge is -2.05. The lowest BCUT2D eigenvalue weighted by molar-refractivity contribution is 0.0696. The first-order valence-electron chi connectivity index (χ1n) is 6.61. The highest BCUT2D eigenvalue weighted by Crippen LogP contribution is 2.25. The van der Waals surface area contributed by atoms with Crippen LogP contribution in [0.25, 0.3) is 17.1 Å². The zero-order valence-electron chi connectivity index (χ0n) is 12.1. The molecule has 0 radical (unpaired) electrons. The van der Waals surface area contributed by atoms with E-state index in [1.807, 2.05) is 0 Å². The van der Waals surface area contributed by atoms with Crippen molar-refractivity contribution in [3.05, 3.63) is 58.6 Å². The van der Waals surface area contributed by atoms with Crippen LogP contribution in [0.3, 0.4) is 0 Å². The Bertz CT molecular complexity index is 912. The normalized spacial score (nSPS) is 10.5. The first-order chi connectivity index (χ1) is 11.1. The van der Waals surface area contributed by atoms with Crippen LogP contribution >= 0.6 is 0 Å². The number of carboxylic acids is 1. The second-order valence-corrected chi connectivity index (χ2v) is 4.61. The number of aromatic carboxylic acids is 1. The molecule has 0 aliphatic carbocycles. The number of carbonyl (C=O) groups is 1. The average Bonchev–Trinajstić information content (AvgIpc) is 2.96. The number of pyridine rings is 2. The molecule has 8 heteroatoms. The van der Waals surface area contributed by atoms with Crippen molar-refractivity contribution in [3.63, 3.8) is 0 Å². The van der Waals surface area contributed by atoms with Crippen LogP contribution in [0.2, 0.25) is 0 Å². The number of H-pyrrole nitrogens is 1. The topological polar surface area (TPSA) is 110 Å². The lowest BCUT2D eigenvalue weighted by atomic mass is 10.2. The highest BCUT2D eigenvalue weighted by atomic mass is 16.5. The summed E-state index contributed by atoms with van der Waals surface area (Å²) in [4.78, 5) is 31.1. The Morgan fingerprint density at radius 3 is 2.78 bits per heavy atom. The van der Waals surface area contributed by atoms with E-state index in [2.05, 4.69) is 15.1 Å². The molecule has 0 saturated carbocycles. The molecule has 23 heavy (non-hydrogen) atoms. The first-order valence-corrected chi connectivity index (χ1v) is 6.61. The van der Waals surface area contributed by atoms with Crippen molar-refractivity contribution in [1.29, 1.82) is 0 Å². The minimum absolute atomic E-state index is 0.0440. The van der Waals surface area contributed by atoms with Crippen molar-refractivity contribution in [1.82, 2.24) is 19.7 Å². The van der Waals surface area contributed by atoms with Crippen LogP contribution in [0, 0.1) is 0 Å². The Labute approximate surface area is 130 Å². The van der Waals surface area contributed by atoms with Gasteiger partial charge in [-0.3, -0.25) is 9.89 Å². The summed E-state index contributed by atoms with van der Waals surface area (Å²) in [5, 5.41) is 11.8. The van der Waals surface area contributed by atoms with Gasteiger partial charge in [0.2, 0.25) is 5.88 Å². The summed E-state index contributed by atoms with van der Waals surface area (Å²) >= 11 is 0. The molecule has 3 heterocycles. The molecule has 116 valence electrons. The van der Waals surface area contributed by atoms with Gasteiger partial charge in [-0.05, 0) is 24.3 Å². The third kappa shape index (κ3) is 2.69. The zero-order valence-corrected chi connectivity index (χ0v) is 12.1. The van der Waals surface area contributed by atoms with Crippen LogP contribution in [-0.4, -0.2) is 37.9 Å². The SMILES string of the molecule is COc1ncccc1-c1cc(=O)n(-c2ccc(C(=O)O)cn2)[nH]1. The number of hydrogen-bond donors (Lipinski definition) is 2. The maximum Gasteiger partial charge on any atom is 0.337 e. The number of aromatic nitrogens is 4. The summed E-state index contributed by atoms with van der Waals surface area (Å²) in [6, 6.07) is 7.72. The van der Waals surface area contributed by atoms with Gasteiger partial charge in [0.05, 0.1) is 23.9 Å². The van der Waals surface area contributed by atoms with Gasteiger partial charge in [0.15, 0.2) is 5.82 Å². The highest BCUT2D eigenvalue weighted by molar-refractivity contribution is 5.87. The number of aromatic amines is 1. The van der Waals surface area contributed by atoms with Crippen LogP contribution in [0.15, 0.2) is 47.5 Å². The summed E-state index contributed by atoms with van der Waals surface area (Å²) < 4.78 is 6.39. The standard InChI is InChI=1S/C15H12N4O4/c1-23-14-10(3-2-6-16-14)11-7-13(20)19(18-11)12-5-4-9(8-17-12)15(21)22/h2-8,18H,1H3,(H,21,22). The predicted octanol–water partition coefficient (Wildman–Crippen LogP) is 1.33. The number of methoxy groups -OCH3 is 1. The number of ether oxygens (including phenoxy) is 1. The Hall–Kier alpha value is -3.42. The van der Waals surface area contributed by atoms with Crippen molar-refractivity contribution in [2.75, 3.05) is 7.11 Å². The largest absolute Gasteiger partial charge is 0.481 e. The molecule has 0 atom stereocenters. The van der Waals surface area contributed by atoms with Gasteiger partial charge >= 0.3 is 5.97 Å². The number of nitrogens with zero attached hydrogens (tertiary/aromatic N) is 3. The molecule has 2 N–H and O–H groups in total. The molecule has 3 rings (SSSR count). The molecule has 3 aromatic heterocycles. The van der Waals surface area contributed by atoms with Crippen LogP contribution in [0.5, 0.6) is 5.88 Å². The third-order valence-electron chi connectivity index (χ3n) is 3.20. The van der Waals surface area contributed by atoms with Crippen LogP contribution in [-0.2, 0) is 0 Å². The van der Waals surface area contributed by atoms with E-state index in [9.17, 15) is 9.59 Å². The lowest BCUT2D eigenvalue weighted by Crippen LogP contribution is -2.15. The van der Waals surface area contributed by atoms with Gasteiger partial charge in [-0.2, -0.15) is 0 Å². The summed E-state index contributed by atoms with van der Waals surface area (Å²) in [6.45, 7) is 0. The second kappa shape index (κ2) is 5.76. The Balaban J connectivity index is 2.04. The molecular formula is C15H12N4O4. The number of nitrogens with one attached hydrogen (secondary N) is 1. The summed E-state index contributed by atoms with van der Waals surface area (Å²) in [5.41, 5.74) is 0.862. The van der Waals surface area contributed by atoms with Gasteiger partial charge in [-0.25, -0.2) is 19.4 Å². The fourth-order valence-electron chi connectivity index (χ4n) is 2.11. The predicted molar refractivity (Wildman–Crippen MR) is 80.9 cm³/mol. The van der Waals surface area contributed by atoms with Crippen molar-refractivity contribution in [2.45, 2.75) is 0 Å². The van der Waals surface area contributed by atoms with E-state index in [4.69, 9.17) is 9.84 Å². The number of carboxylic acid groups (broad SMARTS) is 1. The van der Waals surface area contributed by atoms with E-state index in [0.717, 1.165) is 0 Å². The van der Waals surface area contributed by atoms with Gasteiger partial charge in [0.1, 0.15) is 0 Å². The Morgan fingerprint density at radius 1 is 1.30 bits per heavy atom. The first kappa shape index (κ1) is 14.5. The summed E-state index contributed by atoms with van der Waals surface area (Å²) in [5.74, 6) is -0.409. The maximum absolute atomic E-state index is 12.1. The van der Waals surface area contributed by atoms with Crippen LogP contribution in [0.4, 0.5) is 0 Å². The maximum atomic E-state index is 12.1. The van der Waals surface area contributed by atoms with Crippen molar-refractivity contribution in [2.24, 2.45) is 0 Å². The van der Waals surface area contributed by atoms with Gasteiger partial charge in [-0.1, -0.05) is 0 Å². The fourth-order valence-corrected chi connectivity index (χ4v) is 2.11. The summed E-state index contributed by atoms with van der Waals surface area (Å²) in [7, 11) is 1.49. The zero-order chi connectivity index (χ0) is 16.4.